The van der Waals surface area contributed by atoms with Crippen LogP contribution in [0.4, 0.5) is 5.82 Å². The number of ether oxygens (including phenoxy) is 1. The number of fused-ring (bicyclic) bond motifs is 1. The summed E-state index contributed by atoms with van der Waals surface area (Å²) in [5, 5.41) is 3.90. The monoisotopic (exact) mass is 321 g/mol. The van der Waals surface area contributed by atoms with E-state index in [1.54, 1.807) is 11.8 Å². The van der Waals surface area contributed by atoms with Crippen molar-refractivity contribution in [2.45, 2.75) is 23.7 Å². The predicted molar refractivity (Wildman–Crippen MR) is 86.0 cm³/mol. The van der Waals surface area contributed by atoms with Gasteiger partial charge in [0.1, 0.15) is 11.6 Å². The van der Waals surface area contributed by atoms with Crippen LogP contribution in [-0.4, -0.2) is 23.6 Å². The molecule has 0 unspecified atom stereocenters. The minimum atomic E-state index is 0.593. The van der Waals surface area contributed by atoms with Crippen LogP contribution in [0.15, 0.2) is 29.2 Å². The van der Waals surface area contributed by atoms with Crippen molar-refractivity contribution in [1.29, 1.82) is 0 Å². The fourth-order valence-corrected chi connectivity index (χ4v) is 3.11. The molecule has 1 N–H and O–H groups in total. The van der Waals surface area contributed by atoms with Gasteiger partial charge in [-0.1, -0.05) is 11.6 Å². The maximum atomic E-state index is 5.89. The lowest BCUT2D eigenvalue weighted by Gasteiger charge is -2.19. The number of hydrogen-bond acceptors (Lipinski definition) is 5. The Kier molecular flexibility index (Phi) is 4.63. The fourth-order valence-electron chi connectivity index (χ4n) is 2.23. The van der Waals surface area contributed by atoms with Crippen molar-refractivity contribution in [3.8, 4) is 0 Å². The number of anilines is 1. The Morgan fingerprint density at radius 2 is 2.10 bits per heavy atom. The van der Waals surface area contributed by atoms with Gasteiger partial charge < -0.3 is 10.1 Å². The molecular formula is C15H16ClN3OS. The predicted octanol–water partition coefficient (Wildman–Crippen LogP) is 3.54. The maximum absolute atomic E-state index is 5.89. The zero-order chi connectivity index (χ0) is 14.7. The highest BCUT2D eigenvalue weighted by molar-refractivity contribution is 7.98. The van der Waals surface area contributed by atoms with Crippen LogP contribution in [-0.2, 0) is 23.5 Å². The van der Waals surface area contributed by atoms with Gasteiger partial charge in [0.25, 0.3) is 0 Å². The molecule has 0 saturated carbocycles. The highest BCUT2D eigenvalue weighted by atomic mass is 35.5. The number of halogens is 1. The molecule has 3 rings (SSSR count). The van der Waals surface area contributed by atoms with Crippen molar-refractivity contribution >= 4 is 29.2 Å². The molecule has 1 aliphatic rings. The van der Waals surface area contributed by atoms with E-state index in [2.05, 4.69) is 15.3 Å². The van der Waals surface area contributed by atoms with E-state index < -0.39 is 0 Å². The Bertz CT molecular complexity index is 616. The third-order valence-corrected chi connectivity index (χ3v) is 4.55. The Morgan fingerprint density at radius 3 is 2.86 bits per heavy atom. The molecule has 0 saturated heterocycles. The zero-order valence-electron chi connectivity index (χ0n) is 11.7. The molecule has 0 spiro atoms. The third-order valence-electron chi connectivity index (χ3n) is 3.29. The van der Waals surface area contributed by atoms with Crippen molar-refractivity contribution in [1.82, 2.24) is 9.97 Å². The van der Waals surface area contributed by atoms with Gasteiger partial charge >= 0.3 is 0 Å². The van der Waals surface area contributed by atoms with Gasteiger partial charge in [-0.25, -0.2) is 9.97 Å². The molecule has 0 atom stereocenters. The second-order valence-corrected chi connectivity index (χ2v) is 6.19. The minimum Gasteiger partial charge on any atom is -0.376 e. The molecule has 0 amide bonds. The molecule has 0 aliphatic carbocycles. The molecule has 0 bridgehead atoms. The van der Waals surface area contributed by atoms with Crippen LogP contribution in [0.5, 0.6) is 0 Å². The molecule has 21 heavy (non-hydrogen) atoms. The summed E-state index contributed by atoms with van der Waals surface area (Å²) in [5.41, 5.74) is 2.19. The summed E-state index contributed by atoms with van der Waals surface area (Å²) in [6.45, 7) is 1.33. The summed E-state index contributed by atoms with van der Waals surface area (Å²) in [5.74, 6) is 2.47. The van der Waals surface area contributed by atoms with Gasteiger partial charge in [-0.15, -0.1) is 11.8 Å². The summed E-state index contributed by atoms with van der Waals surface area (Å²) < 4.78 is 5.48. The normalized spacial score (nSPS) is 13.8. The van der Waals surface area contributed by atoms with E-state index in [1.165, 1.54) is 0 Å². The molecule has 6 heteroatoms. The van der Waals surface area contributed by atoms with Crippen molar-refractivity contribution in [3.05, 3.63) is 46.4 Å². The quantitative estimate of drug-likeness (QED) is 0.873. The summed E-state index contributed by atoms with van der Waals surface area (Å²) in [7, 11) is 1.88. The van der Waals surface area contributed by atoms with Crippen molar-refractivity contribution < 1.29 is 4.74 Å². The number of hydrogen-bond donors (Lipinski definition) is 1. The molecular weight excluding hydrogens is 306 g/mol. The number of thioether (sulfide) groups is 1. The highest BCUT2D eigenvalue weighted by Gasteiger charge is 2.17. The smallest absolute Gasteiger partial charge is 0.141 e. The summed E-state index contributed by atoms with van der Waals surface area (Å²) in [6.07, 6.45) is 0.852. The van der Waals surface area contributed by atoms with Crippen LogP contribution in [0.3, 0.4) is 0 Å². The number of benzene rings is 1. The lowest BCUT2D eigenvalue weighted by Crippen LogP contribution is -2.16. The lowest BCUT2D eigenvalue weighted by molar-refractivity contribution is 0.109. The summed E-state index contributed by atoms with van der Waals surface area (Å²) >= 11 is 7.60. The Balaban J connectivity index is 1.77. The standard InChI is InChI=1S/C15H16ClN3OS/c1-17-15-12-8-20-7-6-13(12)18-14(19-15)9-21-11-4-2-10(16)3-5-11/h2-5H,6-9H2,1H3,(H,17,18,19). The van der Waals surface area contributed by atoms with Crippen molar-refractivity contribution in [2.24, 2.45) is 0 Å². The Morgan fingerprint density at radius 1 is 1.29 bits per heavy atom. The second kappa shape index (κ2) is 6.64. The SMILES string of the molecule is CNc1nc(CSc2ccc(Cl)cc2)nc2c1COCC2. The first-order valence-corrected chi connectivity index (χ1v) is 8.15. The average Bonchev–Trinajstić information content (AvgIpc) is 2.53. The first-order chi connectivity index (χ1) is 10.3. The minimum absolute atomic E-state index is 0.593. The highest BCUT2D eigenvalue weighted by Crippen LogP contribution is 2.26. The summed E-state index contributed by atoms with van der Waals surface area (Å²) in [4.78, 5) is 10.4. The first kappa shape index (κ1) is 14.6. The molecule has 1 aromatic carbocycles. The van der Waals surface area contributed by atoms with Crippen LogP contribution in [0, 0.1) is 0 Å². The molecule has 2 aromatic rings. The largest absolute Gasteiger partial charge is 0.376 e. The molecule has 110 valence electrons. The number of rotatable bonds is 4. The van der Waals surface area contributed by atoms with Crippen molar-refractivity contribution in [3.63, 3.8) is 0 Å². The lowest BCUT2D eigenvalue weighted by atomic mass is 10.1. The van der Waals surface area contributed by atoms with E-state index in [4.69, 9.17) is 16.3 Å². The van der Waals surface area contributed by atoms with Gasteiger partial charge in [-0.3, -0.25) is 0 Å². The van der Waals surface area contributed by atoms with Gasteiger partial charge in [0, 0.05) is 29.0 Å². The maximum Gasteiger partial charge on any atom is 0.141 e. The van der Waals surface area contributed by atoms with Crippen LogP contribution in [0.1, 0.15) is 17.1 Å². The molecule has 1 aromatic heterocycles. The van der Waals surface area contributed by atoms with Crippen molar-refractivity contribution in [2.75, 3.05) is 19.0 Å². The van der Waals surface area contributed by atoms with E-state index in [1.807, 2.05) is 31.3 Å². The van der Waals surface area contributed by atoms with Crippen LogP contribution >= 0.6 is 23.4 Å². The second-order valence-electron chi connectivity index (χ2n) is 4.71. The van der Waals surface area contributed by atoms with Gasteiger partial charge in [0.15, 0.2) is 0 Å². The molecule has 1 aliphatic heterocycles. The average molecular weight is 322 g/mol. The first-order valence-electron chi connectivity index (χ1n) is 6.79. The molecule has 0 fully saturated rings. The van der Waals surface area contributed by atoms with Crippen LogP contribution in [0.2, 0.25) is 5.02 Å². The zero-order valence-corrected chi connectivity index (χ0v) is 13.3. The Labute approximate surface area is 133 Å². The van der Waals surface area contributed by atoms with Gasteiger partial charge in [0.05, 0.1) is 24.7 Å². The molecule has 2 heterocycles. The van der Waals surface area contributed by atoms with E-state index in [0.29, 0.717) is 6.61 Å². The van der Waals surface area contributed by atoms with Gasteiger partial charge in [-0.2, -0.15) is 0 Å². The number of nitrogens with one attached hydrogen (secondary N) is 1. The number of aromatic nitrogens is 2. The Hall–Kier alpha value is -1.30. The van der Waals surface area contributed by atoms with E-state index >= 15 is 0 Å². The molecule has 0 radical (unpaired) electrons. The fraction of sp³-hybridized carbons (Fsp3) is 0.333. The van der Waals surface area contributed by atoms with Gasteiger partial charge in [0.2, 0.25) is 0 Å². The topological polar surface area (TPSA) is 47.0 Å². The number of nitrogens with zero attached hydrogens (tertiary/aromatic N) is 2. The van der Waals surface area contributed by atoms with Gasteiger partial charge in [-0.05, 0) is 24.3 Å². The summed E-state index contributed by atoms with van der Waals surface area (Å²) in [6, 6.07) is 7.82. The van der Waals surface area contributed by atoms with Crippen LogP contribution in [0.25, 0.3) is 0 Å². The van der Waals surface area contributed by atoms with Crippen LogP contribution < -0.4 is 5.32 Å². The molecule has 4 nitrogen and oxygen atoms in total. The van der Waals surface area contributed by atoms with E-state index in [0.717, 1.165) is 51.6 Å². The van der Waals surface area contributed by atoms with E-state index in [9.17, 15) is 0 Å². The third kappa shape index (κ3) is 3.48. The van der Waals surface area contributed by atoms with E-state index in [-0.39, 0.29) is 0 Å².